The fourth-order valence-electron chi connectivity index (χ4n) is 2.46. The third kappa shape index (κ3) is 4.15. The molecule has 1 aliphatic rings. The van der Waals surface area contributed by atoms with Crippen LogP contribution in [-0.4, -0.2) is 16.5 Å². The van der Waals surface area contributed by atoms with Crippen molar-refractivity contribution in [3.05, 3.63) is 17.5 Å². The summed E-state index contributed by atoms with van der Waals surface area (Å²) in [5.41, 5.74) is 0. The quantitative estimate of drug-likeness (QED) is 0.831. The average molecular weight is 254 g/mol. The largest absolute Gasteiger partial charge is 0.370 e. The number of nitrogens with one attached hydrogen (secondary N) is 1. The highest BCUT2D eigenvalue weighted by Crippen LogP contribution is 2.30. The van der Waals surface area contributed by atoms with Gasteiger partial charge in [-0.2, -0.15) is 0 Å². The predicted octanol–water partition coefficient (Wildman–Crippen LogP) is 3.76. The van der Waals surface area contributed by atoms with Crippen molar-refractivity contribution in [1.82, 2.24) is 9.97 Å². The molecule has 0 atom stereocenters. The van der Waals surface area contributed by atoms with Crippen LogP contribution in [0.5, 0.6) is 0 Å². The Morgan fingerprint density at radius 3 is 2.82 bits per heavy atom. The summed E-state index contributed by atoms with van der Waals surface area (Å²) in [5, 5.41) is 3.62. The number of aromatic nitrogens is 2. The van der Waals surface area contributed by atoms with E-state index in [1.807, 2.05) is 6.07 Å². The standard InChI is InChI=1S/C13H20ClN3/c1-10-2-4-11(5-3-10)6-8-15-12-7-9-16-13(14)17-12/h7,9-11H,2-6,8H2,1H3,(H,15,16,17). The van der Waals surface area contributed by atoms with Gasteiger partial charge in [0, 0.05) is 12.7 Å². The Morgan fingerprint density at radius 1 is 1.35 bits per heavy atom. The molecule has 1 aromatic rings. The Morgan fingerprint density at radius 2 is 2.12 bits per heavy atom. The maximum absolute atomic E-state index is 5.73. The molecule has 0 spiro atoms. The maximum Gasteiger partial charge on any atom is 0.224 e. The Balaban J connectivity index is 1.69. The predicted molar refractivity (Wildman–Crippen MR) is 71.3 cm³/mol. The molecular weight excluding hydrogens is 234 g/mol. The lowest BCUT2D eigenvalue weighted by molar-refractivity contribution is 0.282. The van der Waals surface area contributed by atoms with E-state index in [0.29, 0.717) is 5.28 Å². The third-order valence-electron chi connectivity index (χ3n) is 3.62. The molecule has 0 aromatic carbocycles. The molecule has 3 nitrogen and oxygen atoms in total. The van der Waals surface area contributed by atoms with Gasteiger partial charge in [0.05, 0.1) is 0 Å². The molecule has 17 heavy (non-hydrogen) atoms. The zero-order valence-electron chi connectivity index (χ0n) is 10.3. The zero-order valence-corrected chi connectivity index (χ0v) is 11.1. The SMILES string of the molecule is CC1CCC(CCNc2ccnc(Cl)n2)CC1. The summed E-state index contributed by atoms with van der Waals surface area (Å²) < 4.78 is 0. The van der Waals surface area contributed by atoms with E-state index in [4.69, 9.17) is 11.6 Å². The Labute approximate surface area is 108 Å². The summed E-state index contributed by atoms with van der Waals surface area (Å²) in [6.45, 7) is 3.34. The summed E-state index contributed by atoms with van der Waals surface area (Å²) in [4.78, 5) is 7.97. The normalized spacial score (nSPS) is 24.6. The molecule has 0 bridgehead atoms. The van der Waals surface area contributed by atoms with Crippen molar-refractivity contribution in [3.8, 4) is 0 Å². The number of anilines is 1. The van der Waals surface area contributed by atoms with E-state index in [9.17, 15) is 0 Å². The van der Waals surface area contributed by atoms with Crippen LogP contribution < -0.4 is 5.32 Å². The molecule has 0 amide bonds. The minimum absolute atomic E-state index is 0.307. The second kappa shape index (κ2) is 6.20. The highest BCUT2D eigenvalue weighted by molar-refractivity contribution is 6.28. The smallest absolute Gasteiger partial charge is 0.224 e. The second-order valence-corrected chi connectivity index (χ2v) is 5.39. The lowest BCUT2D eigenvalue weighted by atomic mass is 9.81. The van der Waals surface area contributed by atoms with Gasteiger partial charge in [0.25, 0.3) is 0 Å². The molecule has 1 fully saturated rings. The van der Waals surface area contributed by atoms with Crippen LogP contribution in [0.1, 0.15) is 39.0 Å². The van der Waals surface area contributed by atoms with Gasteiger partial charge in [-0.3, -0.25) is 0 Å². The number of halogens is 1. The Hall–Kier alpha value is -0.830. The zero-order chi connectivity index (χ0) is 12.1. The monoisotopic (exact) mass is 253 g/mol. The van der Waals surface area contributed by atoms with E-state index >= 15 is 0 Å². The number of nitrogens with zero attached hydrogens (tertiary/aromatic N) is 2. The van der Waals surface area contributed by atoms with Crippen molar-refractivity contribution >= 4 is 17.4 Å². The molecule has 0 unspecified atom stereocenters. The molecule has 2 rings (SSSR count). The molecule has 1 aromatic heterocycles. The second-order valence-electron chi connectivity index (χ2n) is 5.05. The van der Waals surface area contributed by atoms with Crippen LogP contribution in [0.2, 0.25) is 5.28 Å². The molecule has 1 aliphatic carbocycles. The van der Waals surface area contributed by atoms with Crippen molar-refractivity contribution in [1.29, 1.82) is 0 Å². The van der Waals surface area contributed by atoms with Crippen LogP contribution in [0, 0.1) is 11.8 Å². The van der Waals surface area contributed by atoms with Gasteiger partial charge in [-0.05, 0) is 35.9 Å². The van der Waals surface area contributed by atoms with Gasteiger partial charge in [0.1, 0.15) is 5.82 Å². The van der Waals surface area contributed by atoms with Gasteiger partial charge in [0.15, 0.2) is 0 Å². The maximum atomic E-state index is 5.73. The Bertz CT molecular complexity index is 348. The summed E-state index contributed by atoms with van der Waals surface area (Å²) in [6, 6.07) is 1.86. The fraction of sp³-hybridized carbons (Fsp3) is 0.692. The van der Waals surface area contributed by atoms with Crippen molar-refractivity contribution in [2.24, 2.45) is 11.8 Å². The van der Waals surface area contributed by atoms with Gasteiger partial charge in [0.2, 0.25) is 5.28 Å². The van der Waals surface area contributed by atoms with Crippen LogP contribution in [0.4, 0.5) is 5.82 Å². The van der Waals surface area contributed by atoms with Crippen molar-refractivity contribution in [2.45, 2.75) is 39.0 Å². The van der Waals surface area contributed by atoms with Gasteiger partial charge < -0.3 is 5.32 Å². The van der Waals surface area contributed by atoms with E-state index in [-0.39, 0.29) is 0 Å². The van der Waals surface area contributed by atoms with Crippen molar-refractivity contribution in [3.63, 3.8) is 0 Å². The van der Waals surface area contributed by atoms with Gasteiger partial charge in [-0.25, -0.2) is 9.97 Å². The van der Waals surface area contributed by atoms with Crippen LogP contribution in [-0.2, 0) is 0 Å². The first-order valence-corrected chi connectivity index (χ1v) is 6.84. The molecular formula is C13H20ClN3. The highest BCUT2D eigenvalue weighted by atomic mass is 35.5. The fourth-order valence-corrected chi connectivity index (χ4v) is 2.60. The summed E-state index contributed by atoms with van der Waals surface area (Å²) >= 11 is 5.73. The summed E-state index contributed by atoms with van der Waals surface area (Å²) in [5.74, 6) is 2.64. The molecule has 1 N–H and O–H groups in total. The van der Waals surface area contributed by atoms with Crippen LogP contribution in [0.25, 0.3) is 0 Å². The number of rotatable bonds is 4. The van der Waals surface area contributed by atoms with Crippen molar-refractivity contribution in [2.75, 3.05) is 11.9 Å². The van der Waals surface area contributed by atoms with Crippen LogP contribution >= 0.6 is 11.6 Å². The molecule has 0 aliphatic heterocycles. The highest BCUT2D eigenvalue weighted by Gasteiger charge is 2.17. The first kappa shape index (κ1) is 12.6. The first-order chi connectivity index (χ1) is 8.24. The topological polar surface area (TPSA) is 37.8 Å². The minimum atomic E-state index is 0.307. The van der Waals surface area contributed by atoms with E-state index in [2.05, 4.69) is 22.2 Å². The lowest BCUT2D eigenvalue weighted by Crippen LogP contribution is -2.16. The summed E-state index contributed by atoms with van der Waals surface area (Å²) in [6.07, 6.45) is 8.46. The Kier molecular flexibility index (Phi) is 4.60. The van der Waals surface area contributed by atoms with Crippen molar-refractivity contribution < 1.29 is 0 Å². The summed E-state index contributed by atoms with van der Waals surface area (Å²) in [7, 11) is 0. The first-order valence-electron chi connectivity index (χ1n) is 6.46. The number of hydrogen-bond acceptors (Lipinski definition) is 3. The molecule has 94 valence electrons. The molecule has 0 radical (unpaired) electrons. The van der Waals surface area contributed by atoms with Gasteiger partial charge >= 0.3 is 0 Å². The van der Waals surface area contributed by atoms with Crippen LogP contribution in [0.3, 0.4) is 0 Å². The van der Waals surface area contributed by atoms with Gasteiger partial charge in [-0.15, -0.1) is 0 Å². The van der Waals surface area contributed by atoms with Crippen LogP contribution in [0.15, 0.2) is 12.3 Å². The van der Waals surface area contributed by atoms with E-state index in [1.54, 1.807) is 6.20 Å². The van der Waals surface area contributed by atoms with E-state index < -0.39 is 0 Å². The van der Waals surface area contributed by atoms with Gasteiger partial charge in [-0.1, -0.05) is 32.6 Å². The minimum Gasteiger partial charge on any atom is -0.370 e. The van der Waals surface area contributed by atoms with E-state index in [1.165, 1.54) is 32.1 Å². The third-order valence-corrected chi connectivity index (χ3v) is 3.80. The average Bonchev–Trinajstić information content (AvgIpc) is 2.32. The molecule has 4 heteroatoms. The molecule has 1 saturated carbocycles. The molecule has 1 heterocycles. The van der Waals surface area contributed by atoms with E-state index in [0.717, 1.165) is 24.2 Å². The molecule has 0 saturated heterocycles. The number of hydrogen-bond donors (Lipinski definition) is 1. The lowest BCUT2D eigenvalue weighted by Gasteiger charge is -2.26.